The summed E-state index contributed by atoms with van der Waals surface area (Å²) in [5, 5.41) is 0. The first-order chi connectivity index (χ1) is 7.13. The Morgan fingerprint density at radius 1 is 1.53 bits per heavy atom. The second-order valence-electron chi connectivity index (χ2n) is 3.98. The molecule has 2 rings (SSSR count). The molecule has 0 amide bonds. The van der Waals surface area contributed by atoms with Gasteiger partial charge in [-0.25, -0.2) is 9.97 Å². The van der Waals surface area contributed by atoms with E-state index in [0.717, 1.165) is 15.1 Å². The fourth-order valence-corrected chi connectivity index (χ4v) is 2.01. The maximum atomic E-state index is 5.85. The lowest BCUT2D eigenvalue weighted by Gasteiger charge is -2.07. The average Bonchev–Trinajstić information content (AvgIpc) is 2.91. The number of anilines is 1. The quantitative estimate of drug-likeness (QED) is 0.865. The van der Waals surface area contributed by atoms with E-state index in [4.69, 9.17) is 10.5 Å². The zero-order chi connectivity index (χ0) is 11.0. The molecule has 4 nitrogen and oxygen atoms in total. The van der Waals surface area contributed by atoms with Crippen LogP contribution in [0.3, 0.4) is 0 Å². The lowest BCUT2D eigenvalue weighted by Crippen LogP contribution is -2.07. The summed E-state index contributed by atoms with van der Waals surface area (Å²) in [5.74, 6) is 2.65. The molecule has 0 radical (unpaired) electrons. The van der Waals surface area contributed by atoms with Gasteiger partial charge in [0.2, 0.25) is 0 Å². The second kappa shape index (κ2) is 4.21. The first-order valence-electron chi connectivity index (χ1n) is 4.94. The number of nitrogens with two attached hydrogens (primary N) is 1. The number of aromatic nitrogens is 2. The van der Waals surface area contributed by atoms with Gasteiger partial charge in [0.05, 0.1) is 15.9 Å². The van der Waals surface area contributed by atoms with E-state index >= 15 is 0 Å². The summed E-state index contributed by atoms with van der Waals surface area (Å²) >= 11 is 2.16. The van der Waals surface area contributed by atoms with Crippen molar-refractivity contribution < 1.29 is 4.74 Å². The van der Waals surface area contributed by atoms with Crippen LogP contribution in [-0.4, -0.2) is 17.1 Å². The lowest BCUT2D eigenvalue weighted by atomic mass is 10.3. The Hall–Kier alpha value is -0.430. The van der Waals surface area contributed by atoms with Crippen LogP contribution in [0.2, 0.25) is 0 Å². The molecule has 5 heteroatoms. The molecule has 82 valence electrons. The standard InChI is InChI=1S/C10H14IN3O/c1-5-3-6(5)10-13-7(4-15-2)8(11)9(12)14-10/h5-6H,3-4H2,1-2H3,(H2,12,13,14). The molecule has 1 heterocycles. The molecule has 0 bridgehead atoms. The van der Waals surface area contributed by atoms with Crippen LogP contribution in [0.15, 0.2) is 0 Å². The van der Waals surface area contributed by atoms with Gasteiger partial charge in [0.1, 0.15) is 11.6 Å². The Balaban J connectivity index is 2.33. The van der Waals surface area contributed by atoms with E-state index in [2.05, 4.69) is 39.5 Å². The number of rotatable bonds is 3. The van der Waals surface area contributed by atoms with Gasteiger partial charge in [-0.1, -0.05) is 6.92 Å². The van der Waals surface area contributed by atoms with Crippen LogP contribution in [0.1, 0.15) is 30.8 Å². The third kappa shape index (κ3) is 2.23. The maximum Gasteiger partial charge on any atom is 0.141 e. The molecular formula is C10H14IN3O. The summed E-state index contributed by atoms with van der Waals surface area (Å²) in [6.45, 7) is 2.71. The van der Waals surface area contributed by atoms with Crippen molar-refractivity contribution in [3.05, 3.63) is 15.1 Å². The minimum absolute atomic E-state index is 0.499. The predicted octanol–water partition coefficient (Wildman–Crippen LogP) is 1.93. The normalized spacial score (nSPS) is 24.2. The van der Waals surface area contributed by atoms with Gasteiger partial charge in [-0.2, -0.15) is 0 Å². The fourth-order valence-electron chi connectivity index (χ4n) is 1.61. The number of halogens is 1. The molecule has 1 aliphatic rings. The molecule has 0 saturated heterocycles. The predicted molar refractivity (Wildman–Crippen MR) is 66.4 cm³/mol. The van der Waals surface area contributed by atoms with Gasteiger partial charge in [0.25, 0.3) is 0 Å². The molecular weight excluding hydrogens is 305 g/mol. The van der Waals surface area contributed by atoms with Gasteiger partial charge in [0.15, 0.2) is 0 Å². The highest BCUT2D eigenvalue weighted by Gasteiger charge is 2.37. The van der Waals surface area contributed by atoms with Gasteiger partial charge in [0, 0.05) is 13.0 Å². The second-order valence-corrected chi connectivity index (χ2v) is 5.06. The summed E-state index contributed by atoms with van der Waals surface area (Å²) in [6.07, 6.45) is 1.17. The van der Waals surface area contributed by atoms with Crippen LogP contribution in [0, 0.1) is 9.49 Å². The SMILES string of the molecule is COCc1nc(C2CC2C)nc(N)c1I. The number of nitrogens with zero attached hydrogens (tertiary/aromatic N) is 2. The Morgan fingerprint density at radius 2 is 2.20 bits per heavy atom. The lowest BCUT2D eigenvalue weighted by molar-refractivity contribution is 0.180. The van der Waals surface area contributed by atoms with E-state index in [-0.39, 0.29) is 0 Å². The number of hydrogen-bond acceptors (Lipinski definition) is 4. The highest BCUT2D eigenvalue weighted by atomic mass is 127. The molecule has 1 saturated carbocycles. The summed E-state index contributed by atoms with van der Waals surface area (Å²) in [5.41, 5.74) is 6.75. The summed E-state index contributed by atoms with van der Waals surface area (Å²) in [6, 6.07) is 0. The monoisotopic (exact) mass is 319 g/mol. The van der Waals surface area contributed by atoms with Crippen LogP contribution >= 0.6 is 22.6 Å². The van der Waals surface area contributed by atoms with Crippen molar-refractivity contribution in [3.63, 3.8) is 0 Å². The van der Waals surface area contributed by atoms with Crippen molar-refractivity contribution in [3.8, 4) is 0 Å². The minimum Gasteiger partial charge on any atom is -0.383 e. The molecule has 15 heavy (non-hydrogen) atoms. The van der Waals surface area contributed by atoms with Gasteiger partial charge < -0.3 is 10.5 Å². The minimum atomic E-state index is 0.499. The number of ether oxygens (including phenoxy) is 1. The van der Waals surface area contributed by atoms with Crippen LogP contribution in [-0.2, 0) is 11.3 Å². The van der Waals surface area contributed by atoms with Gasteiger partial charge >= 0.3 is 0 Å². The van der Waals surface area contributed by atoms with Gasteiger partial charge in [-0.05, 0) is 34.9 Å². The van der Waals surface area contributed by atoms with Crippen molar-refractivity contribution in [2.24, 2.45) is 5.92 Å². The van der Waals surface area contributed by atoms with Crippen LogP contribution < -0.4 is 5.73 Å². The Labute approximate surface area is 103 Å². The third-order valence-corrected chi connectivity index (χ3v) is 3.86. The van der Waals surface area contributed by atoms with E-state index in [1.165, 1.54) is 6.42 Å². The van der Waals surface area contributed by atoms with E-state index < -0.39 is 0 Å². The molecule has 2 N–H and O–H groups in total. The molecule has 1 fully saturated rings. The van der Waals surface area contributed by atoms with Gasteiger partial charge in [-0.15, -0.1) is 0 Å². The molecule has 0 aliphatic heterocycles. The Kier molecular flexibility index (Phi) is 3.11. The average molecular weight is 319 g/mol. The van der Waals surface area contributed by atoms with Crippen molar-refractivity contribution in [2.45, 2.75) is 25.9 Å². The van der Waals surface area contributed by atoms with Crippen LogP contribution in [0.25, 0.3) is 0 Å². The van der Waals surface area contributed by atoms with Crippen LogP contribution in [0.4, 0.5) is 5.82 Å². The molecule has 2 unspecified atom stereocenters. The first kappa shape index (κ1) is 11.1. The summed E-state index contributed by atoms with van der Waals surface area (Å²) in [7, 11) is 1.66. The molecule has 0 aromatic carbocycles. The molecule has 2 atom stereocenters. The zero-order valence-electron chi connectivity index (χ0n) is 8.83. The maximum absolute atomic E-state index is 5.85. The van der Waals surface area contributed by atoms with E-state index in [1.54, 1.807) is 7.11 Å². The molecule has 1 aliphatic carbocycles. The van der Waals surface area contributed by atoms with Crippen LogP contribution in [0.5, 0.6) is 0 Å². The highest BCUT2D eigenvalue weighted by Crippen LogP contribution is 2.45. The first-order valence-corrected chi connectivity index (χ1v) is 6.02. The molecule has 1 aromatic rings. The summed E-state index contributed by atoms with van der Waals surface area (Å²) in [4.78, 5) is 8.84. The number of methoxy groups -OCH3 is 1. The Morgan fingerprint density at radius 3 is 2.73 bits per heavy atom. The molecule has 1 aromatic heterocycles. The van der Waals surface area contributed by atoms with Crippen molar-refractivity contribution in [2.75, 3.05) is 12.8 Å². The van der Waals surface area contributed by atoms with E-state index in [1.807, 2.05) is 0 Å². The van der Waals surface area contributed by atoms with E-state index in [9.17, 15) is 0 Å². The topological polar surface area (TPSA) is 61.0 Å². The summed E-state index contributed by atoms with van der Waals surface area (Å²) < 4.78 is 6.00. The zero-order valence-corrected chi connectivity index (χ0v) is 11.0. The molecule has 0 spiro atoms. The van der Waals surface area contributed by atoms with E-state index in [0.29, 0.717) is 24.3 Å². The van der Waals surface area contributed by atoms with Crippen molar-refractivity contribution in [1.29, 1.82) is 0 Å². The number of hydrogen-bond donors (Lipinski definition) is 1. The largest absolute Gasteiger partial charge is 0.383 e. The smallest absolute Gasteiger partial charge is 0.141 e. The number of nitrogen functional groups attached to an aromatic ring is 1. The van der Waals surface area contributed by atoms with Crippen molar-refractivity contribution >= 4 is 28.4 Å². The fraction of sp³-hybridized carbons (Fsp3) is 0.600. The third-order valence-electron chi connectivity index (χ3n) is 2.68. The highest BCUT2D eigenvalue weighted by molar-refractivity contribution is 14.1. The van der Waals surface area contributed by atoms with Gasteiger partial charge in [-0.3, -0.25) is 0 Å². The Bertz CT molecular complexity index is 383. The van der Waals surface area contributed by atoms with Crippen molar-refractivity contribution in [1.82, 2.24) is 9.97 Å².